The van der Waals surface area contributed by atoms with Crippen LogP contribution in [0.1, 0.15) is 72.1 Å². The van der Waals surface area contributed by atoms with Gasteiger partial charge in [0.05, 0.1) is 5.56 Å². The lowest BCUT2D eigenvalue weighted by molar-refractivity contribution is 0.0929. The molecular formula is C20H26N2O2S. The molecule has 25 heavy (non-hydrogen) atoms. The van der Waals surface area contributed by atoms with Crippen molar-refractivity contribution in [1.82, 2.24) is 5.32 Å². The van der Waals surface area contributed by atoms with Crippen molar-refractivity contribution in [1.29, 1.82) is 0 Å². The lowest BCUT2D eigenvalue weighted by Gasteiger charge is -2.36. The second-order valence-electron chi connectivity index (χ2n) is 7.99. The van der Waals surface area contributed by atoms with E-state index >= 15 is 0 Å². The molecule has 1 amide bonds. The van der Waals surface area contributed by atoms with Crippen molar-refractivity contribution in [2.24, 2.45) is 11.3 Å². The van der Waals surface area contributed by atoms with Gasteiger partial charge in [0.1, 0.15) is 16.5 Å². The fourth-order valence-electron chi connectivity index (χ4n) is 4.00. The predicted molar refractivity (Wildman–Crippen MR) is 101 cm³/mol. The SMILES string of the molecule is CCC(C)(C)C1CCc2c(sc3c2C(=O)NC(c2ccc(C)o2)N3)C1. The molecule has 2 N–H and O–H groups in total. The van der Waals surface area contributed by atoms with Crippen LogP contribution in [0.2, 0.25) is 0 Å². The Labute approximate surface area is 153 Å². The fraction of sp³-hybridized carbons (Fsp3) is 0.550. The van der Waals surface area contributed by atoms with Crippen LogP contribution in [-0.2, 0) is 12.8 Å². The topological polar surface area (TPSA) is 54.3 Å². The zero-order valence-electron chi connectivity index (χ0n) is 15.4. The molecule has 2 aromatic heterocycles. The molecule has 134 valence electrons. The number of carbonyl (C=O) groups is 1. The summed E-state index contributed by atoms with van der Waals surface area (Å²) in [6.07, 6.45) is 4.18. The molecule has 0 bridgehead atoms. The summed E-state index contributed by atoms with van der Waals surface area (Å²) in [6, 6.07) is 3.85. The molecule has 0 radical (unpaired) electrons. The van der Waals surface area contributed by atoms with Crippen molar-refractivity contribution >= 4 is 22.2 Å². The summed E-state index contributed by atoms with van der Waals surface area (Å²) in [7, 11) is 0. The van der Waals surface area contributed by atoms with E-state index in [0.29, 0.717) is 11.3 Å². The summed E-state index contributed by atoms with van der Waals surface area (Å²) in [6.45, 7) is 8.94. The van der Waals surface area contributed by atoms with E-state index in [0.717, 1.165) is 34.9 Å². The van der Waals surface area contributed by atoms with E-state index in [1.54, 1.807) is 11.3 Å². The molecule has 4 nitrogen and oxygen atoms in total. The number of rotatable bonds is 3. The van der Waals surface area contributed by atoms with Gasteiger partial charge >= 0.3 is 0 Å². The van der Waals surface area contributed by atoms with Crippen LogP contribution in [0.3, 0.4) is 0 Å². The normalized spacial score (nSPS) is 22.8. The van der Waals surface area contributed by atoms with E-state index in [9.17, 15) is 4.79 Å². The highest BCUT2D eigenvalue weighted by atomic mass is 32.1. The highest BCUT2D eigenvalue weighted by molar-refractivity contribution is 7.16. The van der Waals surface area contributed by atoms with Crippen LogP contribution in [0, 0.1) is 18.3 Å². The summed E-state index contributed by atoms with van der Waals surface area (Å²) >= 11 is 1.76. The molecule has 1 aliphatic carbocycles. The van der Waals surface area contributed by atoms with E-state index in [1.165, 1.54) is 23.3 Å². The Morgan fingerprint density at radius 1 is 1.32 bits per heavy atom. The third kappa shape index (κ3) is 2.78. The highest BCUT2D eigenvalue weighted by Crippen LogP contribution is 2.46. The Balaban J connectivity index is 1.63. The van der Waals surface area contributed by atoms with Crippen molar-refractivity contribution in [3.05, 3.63) is 39.7 Å². The van der Waals surface area contributed by atoms with Gasteiger partial charge in [0.25, 0.3) is 5.91 Å². The fourth-order valence-corrected chi connectivity index (χ4v) is 5.36. The molecule has 0 saturated carbocycles. The molecule has 1 aliphatic heterocycles. The number of carbonyl (C=O) groups excluding carboxylic acids is 1. The molecule has 0 saturated heterocycles. The van der Waals surface area contributed by atoms with E-state index < -0.39 is 0 Å². The second-order valence-corrected chi connectivity index (χ2v) is 9.09. The van der Waals surface area contributed by atoms with Crippen LogP contribution in [-0.4, -0.2) is 5.91 Å². The average molecular weight is 359 g/mol. The van der Waals surface area contributed by atoms with Crippen LogP contribution in [0.15, 0.2) is 16.5 Å². The number of hydrogen-bond acceptors (Lipinski definition) is 4. The minimum atomic E-state index is -0.281. The lowest BCUT2D eigenvalue weighted by atomic mass is 9.69. The Morgan fingerprint density at radius 2 is 2.12 bits per heavy atom. The largest absolute Gasteiger partial charge is 0.462 e. The smallest absolute Gasteiger partial charge is 0.256 e. The maximum absolute atomic E-state index is 12.8. The molecule has 2 aromatic rings. The zero-order valence-corrected chi connectivity index (χ0v) is 16.2. The molecule has 2 unspecified atom stereocenters. The molecule has 4 rings (SSSR count). The first-order chi connectivity index (χ1) is 11.9. The second kappa shape index (κ2) is 5.90. The van der Waals surface area contributed by atoms with Gasteiger partial charge in [-0.05, 0) is 55.2 Å². The van der Waals surface area contributed by atoms with Crippen molar-refractivity contribution < 1.29 is 9.21 Å². The van der Waals surface area contributed by atoms with Gasteiger partial charge in [0.15, 0.2) is 6.17 Å². The van der Waals surface area contributed by atoms with Gasteiger partial charge in [0, 0.05) is 4.88 Å². The third-order valence-electron chi connectivity index (χ3n) is 6.11. The predicted octanol–water partition coefficient (Wildman–Crippen LogP) is 5.04. The number of furan rings is 1. The number of amides is 1. The van der Waals surface area contributed by atoms with Crippen molar-refractivity contribution in [2.45, 2.75) is 59.5 Å². The highest BCUT2D eigenvalue weighted by Gasteiger charge is 2.37. The Bertz CT molecular complexity index is 818. The van der Waals surface area contributed by atoms with Gasteiger partial charge in [-0.15, -0.1) is 11.3 Å². The summed E-state index contributed by atoms with van der Waals surface area (Å²) in [4.78, 5) is 14.1. The molecule has 0 fully saturated rings. The number of hydrogen-bond donors (Lipinski definition) is 2. The molecule has 5 heteroatoms. The van der Waals surface area contributed by atoms with Gasteiger partial charge in [-0.3, -0.25) is 4.79 Å². The minimum absolute atomic E-state index is 0.0264. The van der Waals surface area contributed by atoms with Crippen LogP contribution in [0.5, 0.6) is 0 Å². The van der Waals surface area contributed by atoms with Gasteiger partial charge in [-0.2, -0.15) is 0 Å². The lowest BCUT2D eigenvalue weighted by Crippen LogP contribution is -2.38. The molecule has 3 heterocycles. The molecule has 0 spiro atoms. The van der Waals surface area contributed by atoms with Gasteiger partial charge in [0.2, 0.25) is 0 Å². The maximum atomic E-state index is 12.8. The quantitative estimate of drug-likeness (QED) is 0.808. The molecule has 2 atom stereocenters. The van der Waals surface area contributed by atoms with Crippen molar-refractivity contribution in [3.63, 3.8) is 0 Å². The molecule has 2 aliphatic rings. The molecular weight excluding hydrogens is 332 g/mol. The summed E-state index contributed by atoms with van der Waals surface area (Å²) in [5.74, 6) is 2.33. The van der Waals surface area contributed by atoms with E-state index in [4.69, 9.17) is 4.42 Å². The summed E-state index contributed by atoms with van der Waals surface area (Å²) in [5.41, 5.74) is 2.49. The van der Waals surface area contributed by atoms with Gasteiger partial charge < -0.3 is 15.1 Å². The number of anilines is 1. The first kappa shape index (κ1) is 16.7. The minimum Gasteiger partial charge on any atom is -0.462 e. The standard InChI is InChI=1S/C20H26N2O2S/c1-5-20(3,4)12-7-8-13-15(10-12)25-19-16(13)18(23)21-17(22-19)14-9-6-11(2)24-14/h6,9,12,17,22H,5,7-8,10H2,1-4H3,(H,21,23). The van der Waals surface area contributed by atoms with Crippen LogP contribution in [0.25, 0.3) is 0 Å². The van der Waals surface area contributed by atoms with Gasteiger partial charge in [-0.1, -0.05) is 27.2 Å². The first-order valence-electron chi connectivity index (χ1n) is 9.17. The Morgan fingerprint density at radius 3 is 2.80 bits per heavy atom. The maximum Gasteiger partial charge on any atom is 0.256 e. The van der Waals surface area contributed by atoms with E-state index in [2.05, 4.69) is 31.4 Å². The third-order valence-corrected chi connectivity index (χ3v) is 7.29. The van der Waals surface area contributed by atoms with Crippen molar-refractivity contribution in [2.75, 3.05) is 5.32 Å². The van der Waals surface area contributed by atoms with Crippen LogP contribution < -0.4 is 10.6 Å². The van der Waals surface area contributed by atoms with Gasteiger partial charge in [-0.25, -0.2) is 0 Å². The number of thiophene rings is 1. The summed E-state index contributed by atoms with van der Waals surface area (Å²) in [5, 5.41) is 7.53. The van der Waals surface area contributed by atoms with Crippen LogP contribution >= 0.6 is 11.3 Å². The first-order valence-corrected chi connectivity index (χ1v) is 9.99. The number of fused-ring (bicyclic) bond motifs is 3. The Kier molecular flexibility index (Phi) is 3.95. The van der Waals surface area contributed by atoms with E-state index in [-0.39, 0.29) is 12.1 Å². The number of aryl methyl sites for hydroxylation is 1. The van der Waals surface area contributed by atoms with Crippen LogP contribution in [0.4, 0.5) is 5.00 Å². The molecule has 0 aromatic carbocycles. The Hall–Kier alpha value is -1.75. The van der Waals surface area contributed by atoms with E-state index in [1.807, 2.05) is 19.1 Å². The zero-order chi connectivity index (χ0) is 17.8. The monoisotopic (exact) mass is 358 g/mol. The average Bonchev–Trinajstić information content (AvgIpc) is 3.17. The number of nitrogens with one attached hydrogen (secondary N) is 2. The van der Waals surface area contributed by atoms with Crippen molar-refractivity contribution in [3.8, 4) is 0 Å². The summed E-state index contributed by atoms with van der Waals surface area (Å²) < 4.78 is 5.69.